The Balaban J connectivity index is 1.80. The molecule has 0 N–H and O–H groups in total. The highest BCUT2D eigenvalue weighted by Crippen LogP contribution is 2.32. The molecule has 0 radical (unpaired) electrons. The fourth-order valence-electron chi connectivity index (χ4n) is 2.91. The Labute approximate surface area is 177 Å². The maximum absolute atomic E-state index is 12.3. The number of carbonyl (C=O) groups is 1. The molecule has 2 rings (SSSR count). The zero-order valence-electron chi connectivity index (χ0n) is 16.9. The summed E-state index contributed by atoms with van der Waals surface area (Å²) < 4.78 is 52.1. The molecule has 29 heavy (non-hydrogen) atoms. The molecule has 1 amide bonds. The Bertz CT molecular complexity index is 710. The van der Waals surface area contributed by atoms with Gasteiger partial charge < -0.3 is 19.1 Å². The number of alkyl halides is 3. The third-order valence-electron chi connectivity index (χ3n) is 4.14. The van der Waals surface area contributed by atoms with Crippen LogP contribution in [0.1, 0.15) is 27.7 Å². The lowest BCUT2D eigenvalue weighted by Crippen LogP contribution is -2.55. The standard InChI is InChI=1S/C19H26BrF3N2O4/c1-13-12-24(7-8-25(13)17(26)29-18(2,3)4)9-10-27-16-6-5-14(11-15(16)20)28-19(21,22)23/h5-6,11,13H,7-10,12H2,1-4H3/t13-/m1/s1. The molecule has 1 atom stereocenters. The van der Waals surface area contributed by atoms with Gasteiger partial charge in [-0.2, -0.15) is 0 Å². The van der Waals surface area contributed by atoms with Gasteiger partial charge in [0.2, 0.25) is 0 Å². The smallest absolute Gasteiger partial charge is 0.491 e. The Morgan fingerprint density at radius 1 is 1.24 bits per heavy atom. The minimum atomic E-state index is -4.74. The van der Waals surface area contributed by atoms with Crippen LogP contribution in [0.25, 0.3) is 0 Å². The minimum Gasteiger partial charge on any atom is -0.491 e. The van der Waals surface area contributed by atoms with Crippen molar-refractivity contribution in [3.05, 3.63) is 22.7 Å². The summed E-state index contributed by atoms with van der Waals surface area (Å²) in [6, 6.07) is 3.85. The maximum Gasteiger partial charge on any atom is 0.573 e. The van der Waals surface area contributed by atoms with E-state index in [9.17, 15) is 18.0 Å². The number of piperazine rings is 1. The van der Waals surface area contributed by atoms with E-state index in [1.165, 1.54) is 18.2 Å². The molecule has 6 nitrogen and oxygen atoms in total. The van der Waals surface area contributed by atoms with Crippen molar-refractivity contribution in [2.45, 2.75) is 45.7 Å². The van der Waals surface area contributed by atoms with Crippen molar-refractivity contribution in [3.8, 4) is 11.5 Å². The van der Waals surface area contributed by atoms with Crippen LogP contribution in [0.3, 0.4) is 0 Å². The van der Waals surface area contributed by atoms with E-state index in [1.807, 2.05) is 27.7 Å². The van der Waals surface area contributed by atoms with E-state index in [0.717, 1.165) is 0 Å². The molecule has 0 bridgehead atoms. The predicted octanol–water partition coefficient (Wildman–Crippen LogP) is 4.67. The quantitative estimate of drug-likeness (QED) is 0.610. The Morgan fingerprint density at radius 3 is 2.48 bits per heavy atom. The number of halogens is 4. The summed E-state index contributed by atoms with van der Waals surface area (Å²) in [7, 11) is 0. The molecule has 1 heterocycles. The lowest BCUT2D eigenvalue weighted by molar-refractivity contribution is -0.274. The molecule has 1 aromatic rings. The van der Waals surface area contributed by atoms with Crippen LogP contribution in [-0.4, -0.2) is 66.7 Å². The summed E-state index contributed by atoms with van der Waals surface area (Å²) in [6.45, 7) is 10.4. The summed E-state index contributed by atoms with van der Waals surface area (Å²) in [5.41, 5.74) is -0.532. The van der Waals surface area contributed by atoms with Gasteiger partial charge in [-0.3, -0.25) is 4.90 Å². The normalized spacial score (nSPS) is 18.5. The van der Waals surface area contributed by atoms with Crippen molar-refractivity contribution in [3.63, 3.8) is 0 Å². The highest BCUT2D eigenvalue weighted by Gasteiger charge is 2.32. The Kier molecular flexibility index (Phi) is 7.67. The summed E-state index contributed by atoms with van der Waals surface area (Å²) in [4.78, 5) is 16.1. The molecule has 1 fully saturated rings. The first-order chi connectivity index (χ1) is 13.3. The first kappa shape index (κ1) is 23.6. The van der Waals surface area contributed by atoms with Crippen LogP contribution in [0.15, 0.2) is 22.7 Å². The van der Waals surface area contributed by atoms with Crippen molar-refractivity contribution in [2.75, 3.05) is 32.8 Å². The van der Waals surface area contributed by atoms with E-state index in [1.54, 1.807) is 4.90 Å². The van der Waals surface area contributed by atoms with E-state index >= 15 is 0 Å². The van der Waals surface area contributed by atoms with Gasteiger partial charge in [-0.05, 0) is 61.8 Å². The van der Waals surface area contributed by atoms with Gasteiger partial charge >= 0.3 is 12.5 Å². The van der Waals surface area contributed by atoms with Gasteiger partial charge in [-0.25, -0.2) is 4.79 Å². The largest absolute Gasteiger partial charge is 0.573 e. The molecule has 0 saturated carbocycles. The lowest BCUT2D eigenvalue weighted by Gasteiger charge is -2.40. The third-order valence-corrected chi connectivity index (χ3v) is 4.76. The number of amides is 1. The summed E-state index contributed by atoms with van der Waals surface area (Å²) in [5, 5.41) is 0. The van der Waals surface area contributed by atoms with E-state index in [0.29, 0.717) is 43.0 Å². The topological polar surface area (TPSA) is 51.2 Å². The summed E-state index contributed by atoms with van der Waals surface area (Å²) in [5.74, 6) is 0.115. The molecule has 164 valence electrons. The number of hydrogen-bond acceptors (Lipinski definition) is 5. The third kappa shape index (κ3) is 7.93. The van der Waals surface area contributed by atoms with E-state index < -0.39 is 12.0 Å². The molecule has 0 aliphatic carbocycles. The van der Waals surface area contributed by atoms with Crippen LogP contribution in [0.5, 0.6) is 11.5 Å². The van der Waals surface area contributed by atoms with Gasteiger partial charge in [0.25, 0.3) is 0 Å². The predicted molar refractivity (Wildman–Crippen MR) is 105 cm³/mol. The maximum atomic E-state index is 12.3. The zero-order chi connectivity index (χ0) is 21.8. The van der Waals surface area contributed by atoms with Crippen molar-refractivity contribution in [1.29, 1.82) is 0 Å². The van der Waals surface area contributed by atoms with E-state index in [2.05, 4.69) is 25.6 Å². The second kappa shape index (κ2) is 9.42. The molecular weight excluding hydrogens is 457 g/mol. The van der Waals surface area contributed by atoms with Gasteiger partial charge in [0.1, 0.15) is 23.7 Å². The van der Waals surface area contributed by atoms with E-state index in [4.69, 9.17) is 9.47 Å². The Morgan fingerprint density at radius 2 is 1.93 bits per heavy atom. The van der Waals surface area contributed by atoms with Gasteiger partial charge in [-0.15, -0.1) is 13.2 Å². The number of carbonyl (C=O) groups excluding carboxylic acids is 1. The van der Waals surface area contributed by atoms with Crippen molar-refractivity contribution in [2.24, 2.45) is 0 Å². The average molecular weight is 483 g/mol. The number of rotatable bonds is 5. The highest BCUT2D eigenvalue weighted by molar-refractivity contribution is 9.10. The second-order valence-electron chi connectivity index (χ2n) is 7.81. The first-order valence-corrected chi connectivity index (χ1v) is 10.0. The van der Waals surface area contributed by atoms with Crippen molar-refractivity contribution < 1.29 is 32.2 Å². The monoisotopic (exact) mass is 482 g/mol. The molecule has 0 aromatic heterocycles. The molecular formula is C19H26BrF3N2O4. The summed E-state index contributed by atoms with van der Waals surface area (Å²) in [6.07, 6.45) is -5.05. The molecule has 1 aromatic carbocycles. The fraction of sp³-hybridized carbons (Fsp3) is 0.632. The van der Waals surface area contributed by atoms with Crippen molar-refractivity contribution in [1.82, 2.24) is 9.80 Å². The van der Waals surface area contributed by atoms with Gasteiger partial charge in [0, 0.05) is 32.2 Å². The second-order valence-corrected chi connectivity index (χ2v) is 8.67. The molecule has 1 saturated heterocycles. The number of hydrogen-bond donors (Lipinski definition) is 0. The van der Waals surface area contributed by atoms with Crippen molar-refractivity contribution >= 4 is 22.0 Å². The van der Waals surface area contributed by atoms with Crippen LogP contribution < -0.4 is 9.47 Å². The lowest BCUT2D eigenvalue weighted by atomic mass is 10.2. The Hall–Kier alpha value is -1.68. The zero-order valence-corrected chi connectivity index (χ0v) is 18.5. The number of ether oxygens (including phenoxy) is 3. The molecule has 10 heteroatoms. The number of benzene rings is 1. The van der Waals surface area contributed by atoms with Gasteiger partial charge in [0.05, 0.1) is 4.47 Å². The number of nitrogens with zero attached hydrogens (tertiary/aromatic N) is 2. The molecule has 1 aliphatic rings. The minimum absolute atomic E-state index is 0.00383. The van der Waals surface area contributed by atoms with Crippen LogP contribution >= 0.6 is 15.9 Å². The van der Waals surface area contributed by atoms with Crippen LogP contribution in [0.2, 0.25) is 0 Å². The first-order valence-electron chi connectivity index (χ1n) is 9.24. The van der Waals surface area contributed by atoms with Crippen LogP contribution in [0.4, 0.5) is 18.0 Å². The van der Waals surface area contributed by atoms with Gasteiger partial charge in [-0.1, -0.05) is 0 Å². The summed E-state index contributed by atoms with van der Waals surface area (Å²) >= 11 is 3.19. The highest BCUT2D eigenvalue weighted by atomic mass is 79.9. The van der Waals surface area contributed by atoms with Crippen LogP contribution in [0, 0.1) is 0 Å². The van der Waals surface area contributed by atoms with Gasteiger partial charge in [0.15, 0.2) is 0 Å². The molecule has 0 unspecified atom stereocenters. The fourth-order valence-corrected chi connectivity index (χ4v) is 3.38. The SMILES string of the molecule is C[C@@H]1CN(CCOc2ccc(OC(F)(F)F)cc2Br)CCN1C(=O)OC(C)(C)C. The van der Waals surface area contributed by atoms with Crippen LogP contribution in [-0.2, 0) is 4.74 Å². The molecule has 1 aliphatic heterocycles. The molecule has 0 spiro atoms. The van der Waals surface area contributed by atoms with E-state index in [-0.39, 0.29) is 17.9 Å². The average Bonchev–Trinajstić information content (AvgIpc) is 2.53.